The van der Waals surface area contributed by atoms with E-state index in [1.165, 1.54) is 16.8 Å². The van der Waals surface area contributed by atoms with Crippen molar-refractivity contribution in [1.29, 1.82) is 0 Å². The first-order valence-electron chi connectivity index (χ1n) is 13.8. The average molecular weight is 507 g/mol. The largest absolute Gasteiger partial charge is 0.507 e. The highest BCUT2D eigenvalue weighted by atomic mass is 16.3. The van der Waals surface area contributed by atoms with Crippen LogP contribution in [0.1, 0.15) is 95.7 Å². The Morgan fingerprint density at radius 1 is 0.711 bits per heavy atom. The van der Waals surface area contributed by atoms with Crippen molar-refractivity contribution in [2.45, 2.75) is 78.7 Å². The van der Waals surface area contributed by atoms with Gasteiger partial charge in [0.15, 0.2) is 0 Å². The van der Waals surface area contributed by atoms with E-state index in [-0.39, 0.29) is 17.2 Å². The summed E-state index contributed by atoms with van der Waals surface area (Å²) in [5.41, 5.74) is 9.24. The first kappa shape index (κ1) is 27.4. The highest BCUT2D eigenvalue weighted by molar-refractivity contribution is 5.82. The molecule has 0 radical (unpaired) electrons. The minimum atomic E-state index is -0.0771. The first-order valence-corrected chi connectivity index (χ1v) is 13.8. The predicted molar refractivity (Wildman–Crippen MR) is 162 cm³/mol. The monoisotopic (exact) mass is 506 g/mol. The maximum absolute atomic E-state index is 11.5. The molecule has 0 aliphatic rings. The molecule has 0 aliphatic carbocycles. The lowest BCUT2D eigenvalue weighted by Gasteiger charge is -2.25. The molecule has 1 unspecified atom stereocenters. The van der Waals surface area contributed by atoms with E-state index in [4.69, 9.17) is 4.98 Å². The quantitative estimate of drug-likeness (QED) is 0.262. The third kappa shape index (κ3) is 5.78. The predicted octanol–water partition coefficient (Wildman–Crippen LogP) is 9.84. The third-order valence-corrected chi connectivity index (χ3v) is 7.28. The molecule has 3 nitrogen and oxygen atoms in total. The molecule has 0 bridgehead atoms. The second kappa shape index (κ2) is 11.0. The minimum Gasteiger partial charge on any atom is -0.507 e. The van der Waals surface area contributed by atoms with Gasteiger partial charge in [-0.2, -0.15) is 0 Å². The van der Waals surface area contributed by atoms with E-state index in [1.807, 2.05) is 42.5 Å². The van der Waals surface area contributed by atoms with Crippen LogP contribution in [-0.4, -0.2) is 10.1 Å². The summed E-state index contributed by atoms with van der Waals surface area (Å²) in [5.74, 6) is 1.09. The lowest BCUT2D eigenvalue weighted by atomic mass is 9.83. The van der Waals surface area contributed by atoms with Gasteiger partial charge in [0, 0.05) is 16.8 Å². The van der Waals surface area contributed by atoms with Gasteiger partial charge in [0.25, 0.3) is 0 Å². The number of benzene rings is 3. The van der Waals surface area contributed by atoms with Gasteiger partial charge in [-0.15, -0.1) is 0 Å². The Bertz CT molecular complexity index is 1370. The molecule has 1 atom stereocenters. The minimum absolute atomic E-state index is 0.00566. The number of hydrogen-bond acceptors (Lipinski definition) is 3. The Kier molecular flexibility index (Phi) is 7.97. The van der Waals surface area contributed by atoms with E-state index in [2.05, 4.69) is 97.1 Å². The third-order valence-electron chi connectivity index (χ3n) is 7.28. The van der Waals surface area contributed by atoms with Gasteiger partial charge < -0.3 is 10.4 Å². The molecule has 38 heavy (non-hydrogen) atoms. The number of aromatic nitrogens is 1. The second-order valence-corrected chi connectivity index (χ2v) is 12.0. The number of rotatable bonds is 7. The zero-order valence-corrected chi connectivity index (χ0v) is 24.1. The lowest BCUT2D eigenvalue weighted by Crippen LogP contribution is -2.13. The Balaban J connectivity index is 1.78. The van der Waals surface area contributed by atoms with Gasteiger partial charge >= 0.3 is 0 Å². The van der Waals surface area contributed by atoms with Crippen LogP contribution in [0.15, 0.2) is 78.9 Å². The molecule has 198 valence electrons. The topological polar surface area (TPSA) is 45.1 Å². The maximum Gasteiger partial charge on any atom is 0.132 e. The van der Waals surface area contributed by atoms with Crippen LogP contribution in [0.5, 0.6) is 5.75 Å². The van der Waals surface area contributed by atoms with E-state index in [9.17, 15) is 5.11 Å². The van der Waals surface area contributed by atoms with Crippen molar-refractivity contribution in [1.82, 2.24) is 4.98 Å². The van der Waals surface area contributed by atoms with Gasteiger partial charge in [0.05, 0.1) is 17.4 Å². The highest BCUT2D eigenvalue weighted by Gasteiger charge is 2.22. The van der Waals surface area contributed by atoms with E-state index in [0.29, 0.717) is 11.8 Å². The van der Waals surface area contributed by atoms with Crippen LogP contribution < -0.4 is 5.32 Å². The number of pyridine rings is 1. The van der Waals surface area contributed by atoms with Gasteiger partial charge in [-0.25, -0.2) is 0 Å². The van der Waals surface area contributed by atoms with Crippen molar-refractivity contribution in [3.05, 3.63) is 101 Å². The Morgan fingerprint density at radius 2 is 1.29 bits per heavy atom. The Morgan fingerprint density at radius 3 is 1.87 bits per heavy atom. The van der Waals surface area contributed by atoms with Crippen molar-refractivity contribution < 1.29 is 5.11 Å². The zero-order valence-electron chi connectivity index (χ0n) is 24.1. The fourth-order valence-electron chi connectivity index (χ4n) is 4.95. The molecule has 0 amide bonds. The van der Waals surface area contributed by atoms with E-state index < -0.39 is 0 Å². The van der Waals surface area contributed by atoms with Gasteiger partial charge in [0.2, 0.25) is 0 Å². The molecular weight excluding hydrogens is 464 g/mol. The Hall–Kier alpha value is -3.59. The van der Waals surface area contributed by atoms with E-state index in [1.54, 1.807) is 0 Å². The number of anilines is 1. The molecule has 0 fully saturated rings. The normalized spacial score (nSPS) is 12.7. The lowest BCUT2D eigenvalue weighted by molar-refractivity contribution is 0.478. The van der Waals surface area contributed by atoms with Gasteiger partial charge in [-0.3, -0.25) is 4.98 Å². The van der Waals surface area contributed by atoms with Crippen LogP contribution in [0, 0.1) is 0 Å². The number of phenolic OH excluding ortho intramolecular Hbond substituents is 1. The van der Waals surface area contributed by atoms with Gasteiger partial charge in [-0.1, -0.05) is 103 Å². The fourth-order valence-corrected chi connectivity index (χ4v) is 4.95. The molecule has 0 aliphatic heterocycles. The summed E-state index contributed by atoms with van der Waals surface area (Å²) in [5, 5.41) is 15.3. The van der Waals surface area contributed by atoms with Crippen molar-refractivity contribution in [2.75, 3.05) is 5.32 Å². The van der Waals surface area contributed by atoms with Crippen molar-refractivity contribution in [3.63, 3.8) is 0 Å². The standard InChI is InChI=1S/C35H42N2O/c1-22(2)27-16-12-17-28(23(3)4)33(27)36-24(5)31-18-13-19-32(37-31)30-21-26(35(6,7)8)20-29(34(30)38)25-14-10-9-11-15-25/h9-24,36,38H,1-8H3. The number of nitrogens with zero attached hydrogens (tertiary/aromatic N) is 1. The molecule has 4 aromatic rings. The first-order chi connectivity index (χ1) is 18.0. The van der Waals surface area contributed by atoms with Crippen molar-refractivity contribution in [2.24, 2.45) is 0 Å². The molecule has 3 aromatic carbocycles. The fraction of sp³-hybridized carbons (Fsp3) is 0.343. The SMILES string of the molecule is CC(C)c1cccc(C(C)C)c1NC(C)c1cccc(-c2cc(C(C)(C)C)cc(-c3ccccc3)c2O)n1. The number of hydrogen-bond donors (Lipinski definition) is 2. The van der Waals surface area contributed by atoms with Crippen LogP contribution in [0.4, 0.5) is 5.69 Å². The van der Waals surface area contributed by atoms with Crippen molar-refractivity contribution in [3.8, 4) is 28.1 Å². The summed E-state index contributed by atoms with van der Waals surface area (Å²) in [4.78, 5) is 5.08. The smallest absolute Gasteiger partial charge is 0.132 e. The number of aromatic hydroxyl groups is 1. The molecule has 0 saturated carbocycles. The molecular formula is C35H42N2O. The summed E-state index contributed by atoms with van der Waals surface area (Å²) in [6.45, 7) is 17.7. The van der Waals surface area contributed by atoms with Crippen LogP contribution in [-0.2, 0) is 5.41 Å². The molecule has 4 rings (SSSR count). The molecule has 0 spiro atoms. The van der Waals surface area contributed by atoms with Crippen molar-refractivity contribution >= 4 is 5.69 Å². The maximum atomic E-state index is 11.5. The summed E-state index contributed by atoms with van der Waals surface area (Å²) in [7, 11) is 0. The highest BCUT2D eigenvalue weighted by Crippen LogP contribution is 2.42. The molecule has 2 N–H and O–H groups in total. The molecule has 0 saturated heterocycles. The van der Waals surface area contributed by atoms with Gasteiger partial charge in [0.1, 0.15) is 5.75 Å². The van der Waals surface area contributed by atoms with Crippen LogP contribution >= 0.6 is 0 Å². The summed E-state index contributed by atoms with van der Waals surface area (Å²) >= 11 is 0. The molecule has 1 aromatic heterocycles. The average Bonchev–Trinajstić information content (AvgIpc) is 2.88. The summed E-state index contributed by atoms with van der Waals surface area (Å²) < 4.78 is 0. The van der Waals surface area contributed by atoms with E-state index in [0.717, 1.165) is 33.6 Å². The number of nitrogens with one attached hydrogen (secondary N) is 1. The zero-order chi connectivity index (χ0) is 27.6. The van der Waals surface area contributed by atoms with Crippen LogP contribution in [0.25, 0.3) is 22.4 Å². The number of para-hydroxylation sites is 1. The van der Waals surface area contributed by atoms with Gasteiger partial charge in [-0.05, 0) is 70.7 Å². The summed E-state index contributed by atoms with van der Waals surface area (Å²) in [6, 6.07) is 27.0. The van der Waals surface area contributed by atoms with Crippen LogP contribution in [0.2, 0.25) is 0 Å². The second-order valence-electron chi connectivity index (χ2n) is 12.0. The van der Waals surface area contributed by atoms with E-state index >= 15 is 0 Å². The number of phenols is 1. The summed E-state index contributed by atoms with van der Waals surface area (Å²) in [6.07, 6.45) is 0. The molecule has 3 heteroatoms. The van der Waals surface area contributed by atoms with Crippen LogP contribution in [0.3, 0.4) is 0 Å². The molecule has 1 heterocycles. The Labute approximate surface area is 229 Å².